The van der Waals surface area contributed by atoms with Crippen LogP contribution in [0, 0.1) is 6.92 Å². The summed E-state index contributed by atoms with van der Waals surface area (Å²) < 4.78 is 35.9. The highest BCUT2D eigenvalue weighted by molar-refractivity contribution is 7.91. The lowest BCUT2D eigenvalue weighted by atomic mass is 9.99. The van der Waals surface area contributed by atoms with E-state index in [1.807, 2.05) is 31.2 Å². The lowest BCUT2D eigenvalue weighted by Gasteiger charge is -2.12. The minimum Gasteiger partial charge on any atom is -0.488 e. The molecule has 0 spiro atoms. The molecule has 3 N–H and O–H groups in total. The predicted octanol–water partition coefficient (Wildman–Crippen LogP) is 3.75. The molecule has 8 nitrogen and oxygen atoms in total. The lowest BCUT2D eigenvalue weighted by Crippen LogP contribution is -2.29. The quantitative estimate of drug-likeness (QED) is 0.290. The molecule has 1 unspecified atom stereocenters. The van der Waals surface area contributed by atoms with Crippen LogP contribution in [0.5, 0.6) is 5.75 Å². The fraction of sp³-hybridized carbons (Fsp3) is 0.280. The van der Waals surface area contributed by atoms with Crippen molar-refractivity contribution in [2.24, 2.45) is 5.73 Å². The molecule has 0 amide bonds. The summed E-state index contributed by atoms with van der Waals surface area (Å²) in [5, 5.41) is 1.78. The van der Waals surface area contributed by atoms with Crippen molar-refractivity contribution < 1.29 is 22.7 Å². The van der Waals surface area contributed by atoms with Gasteiger partial charge in [-0.2, -0.15) is 0 Å². The molecule has 2 heterocycles. The summed E-state index contributed by atoms with van der Waals surface area (Å²) in [5.74, 6) is 0.113. The van der Waals surface area contributed by atoms with Gasteiger partial charge in [0.05, 0.1) is 16.2 Å². The summed E-state index contributed by atoms with van der Waals surface area (Å²) in [6.45, 7) is 5.38. The molecular weight excluding hydrogens is 454 g/mol. The van der Waals surface area contributed by atoms with Gasteiger partial charge in [0.1, 0.15) is 30.7 Å². The Kier molecular flexibility index (Phi) is 6.58. The molecule has 0 saturated carbocycles. The van der Waals surface area contributed by atoms with Crippen molar-refractivity contribution in [2.45, 2.75) is 31.7 Å². The number of fused-ring (bicyclic) bond motifs is 3. The number of hydrogen-bond acceptors (Lipinski definition) is 7. The van der Waals surface area contributed by atoms with Gasteiger partial charge in [-0.1, -0.05) is 19.1 Å². The van der Waals surface area contributed by atoms with E-state index in [0.717, 1.165) is 33.0 Å². The number of benzene rings is 2. The number of aromatic amines is 1. The molecule has 4 rings (SSSR count). The van der Waals surface area contributed by atoms with Crippen LogP contribution >= 0.6 is 0 Å². The van der Waals surface area contributed by atoms with Crippen LogP contribution in [0.15, 0.2) is 53.6 Å². The molecule has 0 saturated heterocycles. The third kappa shape index (κ3) is 4.62. The van der Waals surface area contributed by atoms with Gasteiger partial charge < -0.3 is 20.2 Å². The Morgan fingerprint density at radius 1 is 1.18 bits per heavy atom. The van der Waals surface area contributed by atoms with Gasteiger partial charge in [-0.15, -0.1) is 0 Å². The normalized spacial score (nSPS) is 12.7. The van der Waals surface area contributed by atoms with Gasteiger partial charge in [0, 0.05) is 17.0 Å². The average molecular weight is 482 g/mol. The summed E-state index contributed by atoms with van der Waals surface area (Å²) in [4.78, 5) is 19.7. The molecule has 0 fully saturated rings. The fourth-order valence-electron chi connectivity index (χ4n) is 3.78. The average Bonchev–Trinajstić information content (AvgIpc) is 3.20. The smallest absolute Gasteiger partial charge is 0.322 e. The number of ether oxygens (including phenoxy) is 2. The number of sulfone groups is 1. The van der Waals surface area contributed by atoms with Gasteiger partial charge in [-0.05, 0) is 60.9 Å². The summed E-state index contributed by atoms with van der Waals surface area (Å²) in [5.41, 5.74) is 9.57. The Morgan fingerprint density at radius 3 is 2.71 bits per heavy atom. The van der Waals surface area contributed by atoms with Gasteiger partial charge >= 0.3 is 5.97 Å². The van der Waals surface area contributed by atoms with E-state index in [4.69, 9.17) is 15.2 Å². The van der Waals surface area contributed by atoms with Crippen LogP contribution in [0.2, 0.25) is 0 Å². The molecular formula is C25H27N3O5S. The number of carbonyl (C=O) groups is 1. The van der Waals surface area contributed by atoms with E-state index < -0.39 is 21.8 Å². The molecule has 0 aliphatic carbocycles. The molecule has 34 heavy (non-hydrogen) atoms. The highest BCUT2D eigenvalue weighted by Gasteiger charge is 2.18. The SMILES string of the molecule is CCS(=O)(=O)c1cccc(-c2ccc(OCCOC(=O)C(C)N)c3[nH]c4ncc(C)cc4c23)c1. The highest BCUT2D eigenvalue weighted by atomic mass is 32.2. The zero-order valence-electron chi connectivity index (χ0n) is 19.3. The van der Waals surface area contributed by atoms with Crippen molar-refractivity contribution in [2.75, 3.05) is 19.0 Å². The van der Waals surface area contributed by atoms with Gasteiger partial charge in [-0.3, -0.25) is 4.79 Å². The molecule has 178 valence electrons. The monoisotopic (exact) mass is 481 g/mol. The number of H-pyrrole nitrogens is 1. The minimum atomic E-state index is -3.35. The van der Waals surface area contributed by atoms with E-state index in [2.05, 4.69) is 9.97 Å². The van der Waals surface area contributed by atoms with Crippen LogP contribution in [0.3, 0.4) is 0 Å². The Labute approximate surface area is 198 Å². The first kappa shape index (κ1) is 23.7. The number of nitrogens with two attached hydrogens (primary N) is 1. The maximum Gasteiger partial charge on any atom is 0.322 e. The van der Waals surface area contributed by atoms with Crippen LogP contribution in [0.25, 0.3) is 33.1 Å². The molecule has 0 aliphatic heterocycles. The van der Waals surface area contributed by atoms with Crippen LogP contribution in [0.4, 0.5) is 0 Å². The van der Waals surface area contributed by atoms with E-state index in [1.54, 1.807) is 38.2 Å². The molecule has 2 aromatic carbocycles. The van der Waals surface area contributed by atoms with E-state index in [9.17, 15) is 13.2 Å². The van der Waals surface area contributed by atoms with Crippen LogP contribution in [-0.4, -0.2) is 49.4 Å². The van der Waals surface area contributed by atoms with Gasteiger partial charge in [0.2, 0.25) is 0 Å². The maximum atomic E-state index is 12.5. The molecule has 0 radical (unpaired) electrons. The fourth-order valence-corrected chi connectivity index (χ4v) is 4.70. The number of esters is 1. The number of pyridine rings is 1. The Balaban J connectivity index is 1.79. The van der Waals surface area contributed by atoms with Crippen LogP contribution in [-0.2, 0) is 19.4 Å². The number of rotatable bonds is 8. The van der Waals surface area contributed by atoms with Crippen molar-refractivity contribution in [3.8, 4) is 16.9 Å². The van der Waals surface area contributed by atoms with Crippen molar-refractivity contribution >= 4 is 37.7 Å². The molecule has 0 bridgehead atoms. The second-order valence-electron chi connectivity index (χ2n) is 8.13. The Hall–Kier alpha value is -3.43. The van der Waals surface area contributed by atoms with Gasteiger partial charge in [0.15, 0.2) is 9.84 Å². The maximum absolute atomic E-state index is 12.5. The van der Waals surface area contributed by atoms with E-state index in [1.165, 1.54) is 0 Å². The topological polar surface area (TPSA) is 124 Å². The summed E-state index contributed by atoms with van der Waals surface area (Å²) in [6.07, 6.45) is 1.78. The highest BCUT2D eigenvalue weighted by Crippen LogP contribution is 2.39. The molecule has 9 heteroatoms. The van der Waals surface area contributed by atoms with Gasteiger partial charge in [-0.25, -0.2) is 13.4 Å². The second kappa shape index (κ2) is 9.44. The van der Waals surface area contributed by atoms with Gasteiger partial charge in [0.25, 0.3) is 0 Å². The summed E-state index contributed by atoms with van der Waals surface area (Å²) >= 11 is 0. The first-order valence-electron chi connectivity index (χ1n) is 11.0. The zero-order chi connectivity index (χ0) is 24.5. The van der Waals surface area contributed by atoms with Crippen molar-refractivity contribution in [1.29, 1.82) is 0 Å². The van der Waals surface area contributed by atoms with Crippen molar-refractivity contribution in [1.82, 2.24) is 9.97 Å². The van der Waals surface area contributed by atoms with E-state index in [-0.39, 0.29) is 23.9 Å². The number of nitrogens with one attached hydrogen (secondary N) is 1. The number of hydrogen-bond donors (Lipinski definition) is 2. The molecule has 0 aliphatic rings. The number of aryl methyl sites for hydroxylation is 1. The standard InChI is InChI=1S/C25H27N3O5S/c1-4-34(30,31)18-7-5-6-17(13-18)19-8-9-21(32-10-11-33-25(29)16(3)26)23-22(19)20-12-15(2)14-27-24(20)28-23/h5-9,12-14,16H,4,10-11,26H2,1-3H3,(H,27,28). The van der Waals surface area contributed by atoms with E-state index in [0.29, 0.717) is 11.4 Å². The summed E-state index contributed by atoms with van der Waals surface area (Å²) in [6, 6.07) is 12.0. The molecule has 2 aromatic heterocycles. The summed E-state index contributed by atoms with van der Waals surface area (Å²) in [7, 11) is -3.35. The third-order valence-corrected chi connectivity index (χ3v) is 7.28. The van der Waals surface area contributed by atoms with Crippen LogP contribution in [0.1, 0.15) is 19.4 Å². The lowest BCUT2D eigenvalue weighted by molar-refractivity contribution is -0.145. The molecule has 1 atom stereocenters. The first-order chi connectivity index (χ1) is 16.2. The minimum absolute atomic E-state index is 0.0301. The number of carbonyl (C=O) groups excluding carboxylic acids is 1. The number of aromatic nitrogens is 2. The largest absolute Gasteiger partial charge is 0.488 e. The van der Waals surface area contributed by atoms with Crippen LogP contribution < -0.4 is 10.5 Å². The van der Waals surface area contributed by atoms with E-state index >= 15 is 0 Å². The van der Waals surface area contributed by atoms with Crippen molar-refractivity contribution in [3.05, 3.63) is 54.2 Å². The Morgan fingerprint density at radius 2 is 1.97 bits per heavy atom. The van der Waals surface area contributed by atoms with Crippen molar-refractivity contribution in [3.63, 3.8) is 0 Å². The number of nitrogens with zero attached hydrogens (tertiary/aromatic N) is 1. The first-order valence-corrected chi connectivity index (χ1v) is 12.7. The third-order valence-electron chi connectivity index (χ3n) is 5.55. The zero-order valence-corrected chi connectivity index (χ0v) is 20.1. The Bertz CT molecular complexity index is 1470. The molecule has 4 aromatic rings. The predicted molar refractivity (Wildman–Crippen MR) is 132 cm³/mol. The second-order valence-corrected chi connectivity index (χ2v) is 10.4.